The van der Waals surface area contributed by atoms with Crippen LogP contribution in [0.15, 0.2) is 47.4 Å². The molecule has 1 aliphatic heterocycles. The minimum Gasteiger partial charge on any atom is -0.496 e. The van der Waals surface area contributed by atoms with Crippen LogP contribution in [0.2, 0.25) is 0 Å². The summed E-state index contributed by atoms with van der Waals surface area (Å²) in [6.07, 6.45) is 8.61. The molecular formula is C20H20N4O2. The van der Waals surface area contributed by atoms with Crippen molar-refractivity contribution in [3.8, 4) is 16.9 Å². The van der Waals surface area contributed by atoms with Crippen LogP contribution < -0.4 is 9.64 Å². The molecule has 0 spiro atoms. The lowest BCUT2D eigenvalue weighted by molar-refractivity contribution is 0.393. The Balaban J connectivity index is 1.78. The maximum atomic E-state index is 5.69. The fourth-order valence-corrected chi connectivity index (χ4v) is 3.37. The van der Waals surface area contributed by atoms with Crippen molar-refractivity contribution in [3.05, 3.63) is 65.7 Å². The Morgan fingerprint density at radius 1 is 1.19 bits per heavy atom. The fraction of sp³-hybridized carbons (Fsp3) is 0.250. The zero-order valence-electron chi connectivity index (χ0n) is 15.1. The molecule has 3 heterocycles. The molecule has 4 rings (SSSR count). The summed E-state index contributed by atoms with van der Waals surface area (Å²) >= 11 is 0. The second-order valence-electron chi connectivity index (χ2n) is 6.26. The molecule has 6 nitrogen and oxygen atoms in total. The molecule has 0 saturated heterocycles. The first-order valence-corrected chi connectivity index (χ1v) is 8.50. The summed E-state index contributed by atoms with van der Waals surface area (Å²) < 4.78 is 11.0. The van der Waals surface area contributed by atoms with Crippen LogP contribution in [0.3, 0.4) is 0 Å². The van der Waals surface area contributed by atoms with Crippen molar-refractivity contribution < 1.29 is 9.26 Å². The van der Waals surface area contributed by atoms with Gasteiger partial charge in [0.1, 0.15) is 17.3 Å². The van der Waals surface area contributed by atoms with Gasteiger partial charge in [0.25, 0.3) is 0 Å². The number of fused-ring (bicyclic) bond motifs is 1. The Labute approximate surface area is 152 Å². The van der Waals surface area contributed by atoms with Gasteiger partial charge in [0.15, 0.2) is 0 Å². The third kappa shape index (κ3) is 2.83. The second-order valence-corrected chi connectivity index (χ2v) is 6.26. The fourth-order valence-electron chi connectivity index (χ4n) is 3.37. The summed E-state index contributed by atoms with van der Waals surface area (Å²) in [5.41, 5.74) is 5.19. The van der Waals surface area contributed by atoms with Gasteiger partial charge in [-0.1, -0.05) is 11.2 Å². The zero-order chi connectivity index (χ0) is 18.1. The zero-order valence-corrected chi connectivity index (χ0v) is 15.1. The predicted molar refractivity (Wildman–Crippen MR) is 99.0 cm³/mol. The highest BCUT2D eigenvalue weighted by molar-refractivity contribution is 5.79. The van der Waals surface area contributed by atoms with Gasteiger partial charge in [-0.3, -0.25) is 0 Å². The van der Waals surface area contributed by atoms with Crippen molar-refractivity contribution in [1.29, 1.82) is 0 Å². The van der Waals surface area contributed by atoms with Crippen LogP contribution in [0.4, 0.5) is 5.69 Å². The normalized spacial score (nSPS) is 13.0. The predicted octanol–water partition coefficient (Wildman–Crippen LogP) is 3.83. The van der Waals surface area contributed by atoms with E-state index in [0.29, 0.717) is 6.54 Å². The standard InChI is InChI=1S/C20H20N4O2/c1-13-20(14(2)26-23-13)16-10-15-6-4-9-24(17(15)11-18(16)25-3)12-19-21-7-5-8-22-19/h4-5,7-11H,6,12H2,1-3H3. The number of aromatic nitrogens is 3. The summed E-state index contributed by atoms with van der Waals surface area (Å²) in [5.74, 6) is 2.37. The summed E-state index contributed by atoms with van der Waals surface area (Å²) in [5, 5.41) is 4.08. The number of hydrogen-bond acceptors (Lipinski definition) is 6. The Bertz CT molecular complexity index is 944. The molecule has 3 aromatic rings. The number of rotatable bonds is 4. The summed E-state index contributed by atoms with van der Waals surface area (Å²) in [7, 11) is 1.69. The molecule has 0 fully saturated rings. The van der Waals surface area contributed by atoms with E-state index >= 15 is 0 Å². The molecule has 0 aliphatic carbocycles. The molecule has 0 unspecified atom stereocenters. The average molecular weight is 348 g/mol. The molecule has 0 bridgehead atoms. The van der Waals surface area contributed by atoms with Crippen LogP contribution in [0.1, 0.15) is 22.8 Å². The lowest BCUT2D eigenvalue weighted by atomic mass is 9.96. The van der Waals surface area contributed by atoms with Crippen LogP contribution in [0, 0.1) is 13.8 Å². The van der Waals surface area contributed by atoms with E-state index in [0.717, 1.165) is 46.3 Å². The SMILES string of the molecule is COc1cc2c(cc1-c1c(C)noc1C)CC=CN2Cc1ncccn1. The molecule has 2 aromatic heterocycles. The van der Waals surface area contributed by atoms with Gasteiger partial charge in [0, 0.05) is 35.9 Å². The number of nitrogens with zero attached hydrogens (tertiary/aromatic N) is 4. The minimum absolute atomic E-state index is 0.609. The first kappa shape index (κ1) is 16.3. The van der Waals surface area contributed by atoms with Gasteiger partial charge >= 0.3 is 0 Å². The summed E-state index contributed by atoms with van der Waals surface area (Å²) in [4.78, 5) is 10.8. The third-order valence-electron chi connectivity index (χ3n) is 4.57. The molecule has 0 amide bonds. The maximum absolute atomic E-state index is 5.69. The van der Waals surface area contributed by atoms with Crippen molar-refractivity contribution >= 4 is 5.69 Å². The van der Waals surface area contributed by atoms with E-state index in [-0.39, 0.29) is 0 Å². The summed E-state index contributed by atoms with van der Waals surface area (Å²) in [6, 6.07) is 6.06. The number of methoxy groups -OCH3 is 1. The van der Waals surface area contributed by atoms with Gasteiger partial charge in [-0.15, -0.1) is 0 Å². The molecule has 1 aliphatic rings. The van der Waals surface area contributed by atoms with Crippen molar-refractivity contribution in [1.82, 2.24) is 15.1 Å². The minimum atomic E-state index is 0.609. The van der Waals surface area contributed by atoms with Gasteiger partial charge in [0.05, 0.1) is 24.9 Å². The van der Waals surface area contributed by atoms with E-state index in [1.807, 2.05) is 19.9 Å². The van der Waals surface area contributed by atoms with Crippen LogP contribution >= 0.6 is 0 Å². The Morgan fingerprint density at radius 3 is 2.69 bits per heavy atom. The second kappa shape index (κ2) is 6.63. The van der Waals surface area contributed by atoms with Crippen molar-refractivity contribution in [2.75, 3.05) is 12.0 Å². The maximum Gasteiger partial charge on any atom is 0.147 e. The lowest BCUT2D eigenvalue weighted by Gasteiger charge is -2.27. The van der Waals surface area contributed by atoms with Crippen LogP contribution in [0.5, 0.6) is 5.75 Å². The van der Waals surface area contributed by atoms with E-state index in [2.05, 4.69) is 44.4 Å². The van der Waals surface area contributed by atoms with E-state index < -0.39 is 0 Å². The Morgan fingerprint density at radius 2 is 2.00 bits per heavy atom. The largest absolute Gasteiger partial charge is 0.496 e. The quantitative estimate of drug-likeness (QED) is 0.714. The highest BCUT2D eigenvalue weighted by Crippen LogP contribution is 2.40. The smallest absolute Gasteiger partial charge is 0.147 e. The molecule has 0 saturated carbocycles. The molecule has 26 heavy (non-hydrogen) atoms. The lowest BCUT2D eigenvalue weighted by Crippen LogP contribution is -2.21. The van der Waals surface area contributed by atoms with Gasteiger partial charge in [-0.25, -0.2) is 9.97 Å². The molecule has 6 heteroatoms. The van der Waals surface area contributed by atoms with Gasteiger partial charge in [-0.05, 0) is 38.0 Å². The molecule has 0 radical (unpaired) electrons. The molecule has 0 atom stereocenters. The molecule has 1 aromatic carbocycles. The molecular weight excluding hydrogens is 328 g/mol. The van der Waals surface area contributed by atoms with E-state index in [1.54, 1.807) is 19.5 Å². The van der Waals surface area contributed by atoms with Crippen LogP contribution in [-0.4, -0.2) is 22.2 Å². The number of anilines is 1. The number of benzene rings is 1. The van der Waals surface area contributed by atoms with E-state index in [4.69, 9.17) is 9.26 Å². The average Bonchev–Trinajstić information content (AvgIpc) is 3.00. The first-order chi connectivity index (χ1) is 12.7. The van der Waals surface area contributed by atoms with E-state index in [1.165, 1.54) is 5.56 Å². The summed E-state index contributed by atoms with van der Waals surface area (Å²) in [6.45, 7) is 4.48. The highest BCUT2D eigenvalue weighted by atomic mass is 16.5. The molecule has 132 valence electrons. The van der Waals surface area contributed by atoms with Gasteiger partial charge in [-0.2, -0.15) is 0 Å². The Kier molecular flexibility index (Phi) is 4.16. The Hall–Kier alpha value is -3.15. The molecule has 0 N–H and O–H groups in total. The first-order valence-electron chi connectivity index (χ1n) is 8.50. The topological polar surface area (TPSA) is 64.3 Å². The van der Waals surface area contributed by atoms with Crippen molar-refractivity contribution in [2.24, 2.45) is 0 Å². The number of aryl methyl sites for hydroxylation is 2. The van der Waals surface area contributed by atoms with Crippen LogP contribution in [0.25, 0.3) is 11.1 Å². The monoisotopic (exact) mass is 348 g/mol. The highest BCUT2D eigenvalue weighted by Gasteiger charge is 2.22. The number of ether oxygens (including phenoxy) is 1. The van der Waals surface area contributed by atoms with Gasteiger partial charge in [0.2, 0.25) is 0 Å². The van der Waals surface area contributed by atoms with Crippen molar-refractivity contribution in [2.45, 2.75) is 26.8 Å². The van der Waals surface area contributed by atoms with Gasteiger partial charge < -0.3 is 14.2 Å². The van der Waals surface area contributed by atoms with Crippen LogP contribution in [-0.2, 0) is 13.0 Å². The van der Waals surface area contributed by atoms with Crippen molar-refractivity contribution in [3.63, 3.8) is 0 Å². The third-order valence-corrected chi connectivity index (χ3v) is 4.57. The number of hydrogen-bond donors (Lipinski definition) is 0. The van der Waals surface area contributed by atoms with E-state index in [9.17, 15) is 0 Å². The number of allylic oxidation sites excluding steroid dienone is 1.